The Morgan fingerprint density at radius 1 is 1.58 bits per heavy atom. The van der Waals surface area contributed by atoms with Crippen molar-refractivity contribution in [2.45, 2.75) is 19.4 Å². The number of nitrogens with zero attached hydrogens (tertiary/aromatic N) is 3. The van der Waals surface area contributed by atoms with Crippen LogP contribution in [0.25, 0.3) is 0 Å². The summed E-state index contributed by atoms with van der Waals surface area (Å²) in [5.74, 6) is 1.08. The van der Waals surface area contributed by atoms with Crippen LogP contribution in [0.1, 0.15) is 12.8 Å². The molecule has 1 aliphatic rings. The van der Waals surface area contributed by atoms with Crippen LogP contribution >= 0.6 is 0 Å². The minimum Gasteiger partial charge on any atom is -0.317 e. The van der Waals surface area contributed by atoms with Gasteiger partial charge in [0, 0.05) is 20.0 Å². The van der Waals surface area contributed by atoms with E-state index in [1.807, 2.05) is 4.57 Å². The number of hydrogen-bond acceptors (Lipinski definition) is 2. The Morgan fingerprint density at radius 2 is 2.42 bits per heavy atom. The topological polar surface area (TPSA) is 38.1 Å². The second-order valence-electron chi connectivity index (χ2n) is 3.00. The predicted octanol–water partition coefficient (Wildman–Crippen LogP) is 0.640. The molecule has 0 saturated carbocycles. The summed E-state index contributed by atoms with van der Waals surface area (Å²) in [6.07, 6.45) is 5.04. The summed E-state index contributed by atoms with van der Waals surface area (Å²) in [5.41, 5.74) is 0. The number of anilines is 1. The largest absolute Gasteiger partial charge is 0.317 e. The summed E-state index contributed by atoms with van der Waals surface area (Å²) in [6, 6.07) is 0. The number of carbonyl (C=O) groups is 1. The van der Waals surface area contributed by atoms with Crippen molar-refractivity contribution in [3.05, 3.63) is 12.5 Å². The molecule has 0 saturated heterocycles. The van der Waals surface area contributed by atoms with Gasteiger partial charge in [-0.05, 0) is 6.42 Å². The summed E-state index contributed by atoms with van der Waals surface area (Å²) in [7, 11) is 1.79. The van der Waals surface area contributed by atoms with Crippen LogP contribution in [-0.2, 0) is 11.3 Å². The minimum atomic E-state index is 0.175. The number of aromatic nitrogens is 2. The van der Waals surface area contributed by atoms with Crippen LogP contribution in [-0.4, -0.2) is 22.5 Å². The first kappa shape index (κ1) is 7.34. The molecule has 0 unspecified atom stereocenters. The van der Waals surface area contributed by atoms with E-state index < -0.39 is 0 Å². The molecule has 0 N–H and O–H groups in total. The lowest BCUT2D eigenvalue weighted by Crippen LogP contribution is -2.25. The molecule has 0 fully saturated rings. The monoisotopic (exact) mass is 165 g/mol. The van der Waals surface area contributed by atoms with Gasteiger partial charge in [-0.25, -0.2) is 4.98 Å². The molecule has 0 aliphatic carbocycles. The number of rotatable bonds is 0. The van der Waals surface area contributed by atoms with Gasteiger partial charge in [-0.2, -0.15) is 0 Å². The van der Waals surface area contributed by atoms with E-state index in [0.29, 0.717) is 6.42 Å². The molecular weight excluding hydrogens is 154 g/mol. The highest BCUT2D eigenvalue weighted by Crippen LogP contribution is 2.17. The van der Waals surface area contributed by atoms with Gasteiger partial charge >= 0.3 is 0 Å². The first-order valence-corrected chi connectivity index (χ1v) is 4.06. The third-order valence-electron chi connectivity index (χ3n) is 2.20. The molecule has 2 rings (SSSR count). The smallest absolute Gasteiger partial charge is 0.227 e. The van der Waals surface area contributed by atoms with Gasteiger partial charge in [0.05, 0.1) is 12.5 Å². The Labute approximate surface area is 70.8 Å². The molecule has 4 nitrogen and oxygen atoms in total. The second-order valence-corrected chi connectivity index (χ2v) is 3.00. The zero-order valence-corrected chi connectivity index (χ0v) is 7.03. The SMILES string of the molecule is CN1C(=O)CCCn2cncc21. The molecular formula is C8H11N3O. The average molecular weight is 165 g/mol. The van der Waals surface area contributed by atoms with Gasteiger partial charge in [0.2, 0.25) is 5.91 Å². The van der Waals surface area contributed by atoms with Gasteiger partial charge in [-0.3, -0.25) is 4.79 Å². The average Bonchev–Trinajstić information content (AvgIpc) is 2.46. The van der Waals surface area contributed by atoms with Gasteiger partial charge in [0.15, 0.2) is 0 Å². The van der Waals surface area contributed by atoms with Crippen LogP contribution in [0, 0.1) is 0 Å². The summed E-state index contributed by atoms with van der Waals surface area (Å²) < 4.78 is 2.00. The Morgan fingerprint density at radius 3 is 3.25 bits per heavy atom. The molecule has 1 aliphatic heterocycles. The highest BCUT2D eigenvalue weighted by Gasteiger charge is 2.17. The Bertz CT molecular complexity index is 305. The number of amides is 1. The molecule has 0 radical (unpaired) electrons. The second kappa shape index (κ2) is 2.62. The molecule has 0 aromatic carbocycles. The fourth-order valence-corrected chi connectivity index (χ4v) is 1.46. The fourth-order valence-electron chi connectivity index (χ4n) is 1.46. The van der Waals surface area contributed by atoms with Crippen molar-refractivity contribution in [2.75, 3.05) is 11.9 Å². The van der Waals surface area contributed by atoms with Gasteiger partial charge < -0.3 is 9.47 Å². The van der Waals surface area contributed by atoms with Crippen LogP contribution in [0.2, 0.25) is 0 Å². The highest BCUT2D eigenvalue weighted by atomic mass is 16.2. The minimum absolute atomic E-state index is 0.175. The first-order chi connectivity index (χ1) is 5.79. The van der Waals surface area contributed by atoms with Crippen LogP contribution in [0.5, 0.6) is 0 Å². The van der Waals surface area contributed by atoms with E-state index in [4.69, 9.17) is 0 Å². The zero-order chi connectivity index (χ0) is 8.55. The van der Waals surface area contributed by atoms with Crippen LogP contribution < -0.4 is 4.90 Å². The van der Waals surface area contributed by atoms with E-state index in [2.05, 4.69) is 4.98 Å². The maximum atomic E-state index is 11.4. The molecule has 1 amide bonds. The Kier molecular flexibility index (Phi) is 1.60. The first-order valence-electron chi connectivity index (χ1n) is 4.06. The van der Waals surface area contributed by atoms with Crippen molar-refractivity contribution in [3.63, 3.8) is 0 Å². The third-order valence-corrected chi connectivity index (χ3v) is 2.20. The van der Waals surface area contributed by atoms with Crippen LogP contribution in [0.3, 0.4) is 0 Å². The standard InChI is InChI=1S/C8H11N3O/c1-10-7-5-9-6-11(7)4-2-3-8(10)12/h5-6H,2-4H2,1H3. The lowest BCUT2D eigenvalue weighted by atomic mass is 10.3. The zero-order valence-electron chi connectivity index (χ0n) is 7.03. The maximum absolute atomic E-state index is 11.4. The van der Waals surface area contributed by atoms with E-state index in [9.17, 15) is 4.79 Å². The lowest BCUT2D eigenvalue weighted by molar-refractivity contribution is -0.118. The van der Waals surface area contributed by atoms with Gasteiger partial charge in [0.25, 0.3) is 0 Å². The molecule has 1 aromatic heterocycles. The molecule has 2 heterocycles. The quantitative estimate of drug-likeness (QED) is 0.565. The number of fused-ring (bicyclic) bond motifs is 1. The highest BCUT2D eigenvalue weighted by molar-refractivity contribution is 5.92. The van der Waals surface area contributed by atoms with E-state index in [1.54, 1.807) is 24.5 Å². The van der Waals surface area contributed by atoms with Gasteiger partial charge in [0.1, 0.15) is 5.82 Å². The van der Waals surface area contributed by atoms with Crippen molar-refractivity contribution >= 4 is 11.7 Å². The number of aryl methyl sites for hydroxylation is 1. The number of imidazole rings is 1. The van der Waals surface area contributed by atoms with E-state index in [1.165, 1.54) is 0 Å². The van der Waals surface area contributed by atoms with Crippen molar-refractivity contribution in [2.24, 2.45) is 0 Å². The van der Waals surface area contributed by atoms with Gasteiger partial charge in [-0.1, -0.05) is 0 Å². The van der Waals surface area contributed by atoms with Crippen molar-refractivity contribution < 1.29 is 4.79 Å². The molecule has 0 spiro atoms. The van der Waals surface area contributed by atoms with Crippen LogP contribution in [0.15, 0.2) is 12.5 Å². The Hall–Kier alpha value is -1.32. The molecule has 64 valence electrons. The number of carbonyl (C=O) groups excluding carboxylic acids is 1. The normalized spacial score (nSPS) is 17.4. The summed E-state index contributed by atoms with van der Waals surface area (Å²) in [4.78, 5) is 17.0. The molecule has 12 heavy (non-hydrogen) atoms. The van der Waals surface area contributed by atoms with Crippen molar-refractivity contribution in [1.82, 2.24) is 9.55 Å². The van der Waals surface area contributed by atoms with Crippen LogP contribution in [0.4, 0.5) is 5.82 Å². The van der Waals surface area contributed by atoms with Gasteiger partial charge in [-0.15, -0.1) is 0 Å². The Balaban J connectivity index is 2.41. The van der Waals surface area contributed by atoms with Crippen molar-refractivity contribution in [3.8, 4) is 0 Å². The summed E-state index contributed by atoms with van der Waals surface area (Å²) in [6.45, 7) is 0.894. The maximum Gasteiger partial charge on any atom is 0.227 e. The van der Waals surface area contributed by atoms with Crippen molar-refractivity contribution in [1.29, 1.82) is 0 Å². The summed E-state index contributed by atoms with van der Waals surface area (Å²) in [5, 5.41) is 0. The molecule has 0 atom stereocenters. The predicted molar refractivity (Wildman–Crippen MR) is 44.9 cm³/mol. The summed E-state index contributed by atoms with van der Waals surface area (Å²) >= 11 is 0. The van der Waals surface area contributed by atoms with E-state index in [-0.39, 0.29) is 5.91 Å². The fraction of sp³-hybridized carbons (Fsp3) is 0.500. The lowest BCUT2D eigenvalue weighted by Gasteiger charge is -2.13. The van der Waals surface area contributed by atoms with E-state index >= 15 is 0 Å². The molecule has 4 heteroatoms. The van der Waals surface area contributed by atoms with E-state index in [0.717, 1.165) is 18.8 Å². The third kappa shape index (κ3) is 0.995. The number of hydrogen-bond donors (Lipinski definition) is 0. The molecule has 1 aromatic rings. The molecule has 0 bridgehead atoms.